The molecule has 1 aromatic carbocycles. The normalized spacial score (nSPS) is 26.0. The third-order valence-electron chi connectivity index (χ3n) is 5.96. The number of likely N-dealkylation sites (tertiary alicyclic amines) is 1. The van der Waals surface area contributed by atoms with E-state index in [1.807, 2.05) is 17.0 Å². The lowest BCUT2D eigenvalue weighted by Gasteiger charge is -2.33. The van der Waals surface area contributed by atoms with Crippen LogP contribution in [0.15, 0.2) is 18.2 Å². The van der Waals surface area contributed by atoms with Crippen molar-refractivity contribution in [2.45, 2.75) is 37.8 Å². The number of hydrogen-bond donors (Lipinski definition) is 1. The first-order valence-electron chi connectivity index (χ1n) is 9.79. The number of ether oxygens (including phenoxy) is 2. The fourth-order valence-electron chi connectivity index (χ4n) is 4.57. The van der Waals surface area contributed by atoms with Gasteiger partial charge in [0.05, 0.1) is 26.4 Å². The highest BCUT2D eigenvalue weighted by atomic mass is 16.5. The molecule has 2 saturated heterocycles. The Bertz CT molecular complexity index is 645. The minimum absolute atomic E-state index is 0.0847. The molecule has 2 aliphatic heterocycles. The van der Waals surface area contributed by atoms with Gasteiger partial charge in [0.2, 0.25) is 0 Å². The summed E-state index contributed by atoms with van der Waals surface area (Å²) in [4.78, 5) is 17.4. The van der Waals surface area contributed by atoms with Crippen molar-refractivity contribution in [3.8, 4) is 5.75 Å². The van der Waals surface area contributed by atoms with Crippen LogP contribution in [0.1, 0.15) is 36.4 Å². The molecule has 2 heterocycles. The van der Waals surface area contributed by atoms with Crippen LogP contribution >= 0.6 is 0 Å². The van der Waals surface area contributed by atoms with Crippen LogP contribution in [0.3, 0.4) is 0 Å². The smallest absolute Gasteiger partial charge is 0.318 e. The summed E-state index contributed by atoms with van der Waals surface area (Å²) >= 11 is 0. The molecule has 1 aromatic rings. The second-order valence-electron chi connectivity index (χ2n) is 7.47. The monoisotopic (exact) mass is 359 g/mol. The van der Waals surface area contributed by atoms with E-state index in [9.17, 15) is 4.79 Å². The molecule has 0 saturated carbocycles. The van der Waals surface area contributed by atoms with Gasteiger partial charge in [0.15, 0.2) is 0 Å². The number of hydrogen-bond acceptors (Lipinski definition) is 4. The van der Waals surface area contributed by atoms with E-state index in [0.29, 0.717) is 6.04 Å². The van der Waals surface area contributed by atoms with E-state index < -0.39 is 0 Å². The Balaban J connectivity index is 1.39. The van der Waals surface area contributed by atoms with Crippen molar-refractivity contribution in [1.29, 1.82) is 0 Å². The molecule has 2 atom stereocenters. The first-order chi connectivity index (χ1) is 12.8. The van der Waals surface area contributed by atoms with Crippen molar-refractivity contribution in [3.05, 3.63) is 29.3 Å². The van der Waals surface area contributed by atoms with Crippen LogP contribution in [0, 0.1) is 0 Å². The molecule has 142 valence electrons. The third-order valence-corrected chi connectivity index (χ3v) is 5.96. The number of methoxy groups -OCH3 is 1. The quantitative estimate of drug-likeness (QED) is 0.895. The van der Waals surface area contributed by atoms with Crippen molar-refractivity contribution < 1.29 is 14.3 Å². The molecule has 0 bridgehead atoms. The largest absolute Gasteiger partial charge is 0.496 e. The number of morpholine rings is 1. The van der Waals surface area contributed by atoms with Gasteiger partial charge in [0, 0.05) is 32.2 Å². The fraction of sp³-hybridized carbons (Fsp3) is 0.650. The molecule has 2 amide bonds. The van der Waals surface area contributed by atoms with Crippen LogP contribution in [0.4, 0.5) is 4.79 Å². The number of nitrogens with one attached hydrogen (secondary N) is 1. The molecule has 2 fully saturated rings. The second kappa shape index (κ2) is 7.84. The van der Waals surface area contributed by atoms with E-state index in [-0.39, 0.29) is 12.1 Å². The maximum atomic E-state index is 13.0. The Morgan fingerprint density at radius 3 is 2.92 bits per heavy atom. The Labute approximate surface area is 155 Å². The summed E-state index contributed by atoms with van der Waals surface area (Å²) in [7, 11) is 1.71. The van der Waals surface area contributed by atoms with Gasteiger partial charge >= 0.3 is 6.03 Å². The number of urea groups is 1. The number of carbonyl (C=O) groups excluding carboxylic acids is 1. The molecule has 1 aliphatic carbocycles. The highest BCUT2D eigenvalue weighted by Crippen LogP contribution is 2.37. The zero-order valence-corrected chi connectivity index (χ0v) is 15.6. The molecule has 0 spiro atoms. The Hall–Kier alpha value is -1.79. The number of carbonyl (C=O) groups is 1. The van der Waals surface area contributed by atoms with Gasteiger partial charge in [-0.3, -0.25) is 4.90 Å². The van der Waals surface area contributed by atoms with Gasteiger partial charge in [-0.1, -0.05) is 12.1 Å². The first kappa shape index (κ1) is 17.6. The van der Waals surface area contributed by atoms with E-state index in [4.69, 9.17) is 9.47 Å². The van der Waals surface area contributed by atoms with E-state index in [0.717, 1.165) is 70.8 Å². The molecule has 3 aliphatic rings. The Morgan fingerprint density at radius 2 is 2.12 bits per heavy atom. The predicted octanol–water partition coefficient (Wildman–Crippen LogP) is 2.19. The summed E-state index contributed by atoms with van der Waals surface area (Å²) in [5, 5.41) is 3.28. The Morgan fingerprint density at radius 1 is 1.27 bits per heavy atom. The second-order valence-corrected chi connectivity index (χ2v) is 7.47. The molecule has 26 heavy (non-hydrogen) atoms. The van der Waals surface area contributed by atoms with Crippen LogP contribution in [0.5, 0.6) is 5.75 Å². The number of nitrogens with zero attached hydrogens (tertiary/aromatic N) is 2. The molecule has 1 N–H and O–H groups in total. The van der Waals surface area contributed by atoms with Gasteiger partial charge in [-0.25, -0.2) is 4.79 Å². The van der Waals surface area contributed by atoms with Crippen molar-refractivity contribution in [2.24, 2.45) is 0 Å². The molecule has 1 unspecified atom stereocenters. The minimum atomic E-state index is 0.0847. The van der Waals surface area contributed by atoms with Crippen LogP contribution in [0.25, 0.3) is 0 Å². The van der Waals surface area contributed by atoms with Gasteiger partial charge < -0.3 is 19.7 Å². The summed E-state index contributed by atoms with van der Waals surface area (Å²) in [5.74, 6) is 0.936. The molecule has 6 nitrogen and oxygen atoms in total. The van der Waals surface area contributed by atoms with E-state index in [1.165, 1.54) is 11.1 Å². The standard InChI is InChI=1S/C20H29N3O3/c1-25-19-6-2-5-16-17(19)7-8-18(16)21-20(24)23-9-3-4-15(23)14-22-10-12-26-13-11-22/h2,5-6,15,18H,3-4,7-14H2,1H3,(H,21,24)/t15-,18?/m0/s1. The third kappa shape index (κ3) is 3.53. The molecular weight excluding hydrogens is 330 g/mol. The lowest BCUT2D eigenvalue weighted by Crippen LogP contribution is -2.49. The highest BCUT2D eigenvalue weighted by molar-refractivity contribution is 5.75. The summed E-state index contributed by atoms with van der Waals surface area (Å²) in [6.07, 6.45) is 4.10. The average Bonchev–Trinajstić information content (AvgIpc) is 3.30. The minimum Gasteiger partial charge on any atom is -0.496 e. The SMILES string of the molecule is COc1cccc2c1CCC2NC(=O)N1CCC[C@H]1CN1CCOCC1. The van der Waals surface area contributed by atoms with E-state index in [1.54, 1.807) is 7.11 Å². The van der Waals surface area contributed by atoms with Crippen LogP contribution in [-0.4, -0.2) is 68.4 Å². The predicted molar refractivity (Wildman–Crippen MR) is 99.6 cm³/mol. The van der Waals surface area contributed by atoms with Crippen LogP contribution in [-0.2, 0) is 11.2 Å². The van der Waals surface area contributed by atoms with E-state index >= 15 is 0 Å². The highest BCUT2D eigenvalue weighted by Gasteiger charge is 2.33. The molecule has 0 radical (unpaired) electrons. The molecule has 0 aromatic heterocycles. The lowest BCUT2D eigenvalue weighted by atomic mass is 10.1. The maximum Gasteiger partial charge on any atom is 0.318 e. The van der Waals surface area contributed by atoms with Crippen molar-refractivity contribution >= 4 is 6.03 Å². The van der Waals surface area contributed by atoms with E-state index in [2.05, 4.69) is 16.3 Å². The summed E-state index contributed by atoms with van der Waals surface area (Å²) < 4.78 is 10.9. The van der Waals surface area contributed by atoms with Gasteiger partial charge in [-0.05, 0) is 42.9 Å². The van der Waals surface area contributed by atoms with Gasteiger partial charge in [0.25, 0.3) is 0 Å². The molecule has 6 heteroatoms. The Kier molecular flexibility index (Phi) is 5.31. The number of rotatable bonds is 4. The van der Waals surface area contributed by atoms with Gasteiger partial charge in [-0.2, -0.15) is 0 Å². The zero-order chi connectivity index (χ0) is 17.9. The number of fused-ring (bicyclic) bond motifs is 1. The van der Waals surface area contributed by atoms with Crippen LogP contribution < -0.4 is 10.1 Å². The first-order valence-corrected chi connectivity index (χ1v) is 9.79. The number of amides is 2. The fourth-order valence-corrected chi connectivity index (χ4v) is 4.57. The summed E-state index contributed by atoms with van der Waals surface area (Å²) in [6.45, 7) is 5.38. The summed E-state index contributed by atoms with van der Waals surface area (Å²) in [5.41, 5.74) is 2.45. The average molecular weight is 359 g/mol. The summed E-state index contributed by atoms with van der Waals surface area (Å²) in [6, 6.07) is 6.63. The molecular formula is C20H29N3O3. The zero-order valence-electron chi connectivity index (χ0n) is 15.6. The van der Waals surface area contributed by atoms with Gasteiger partial charge in [0.1, 0.15) is 5.75 Å². The van der Waals surface area contributed by atoms with Crippen molar-refractivity contribution in [3.63, 3.8) is 0 Å². The van der Waals surface area contributed by atoms with Crippen molar-refractivity contribution in [1.82, 2.24) is 15.1 Å². The van der Waals surface area contributed by atoms with Gasteiger partial charge in [-0.15, -0.1) is 0 Å². The number of benzene rings is 1. The lowest BCUT2D eigenvalue weighted by molar-refractivity contribution is 0.0291. The topological polar surface area (TPSA) is 54.0 Å². The van der Waals surface area contributed by atoms with Crippen molar-refractivity contribution in [2.75, 3.05) is 46.5 Å². The van der Waals surface area contributed by atoms with Crippen LogP contribution in [0.2, 0.25) is 0 Å². The molecule has 4 rings (SSSR count). The maximum absolute atomic E-state index is 13.0.